The number of aliphatic hydroxyl groups is 1. The van der Waals surface area contributed by atoms with Crippen molar-refractivity contribution in [1.29, 1.82) is 0 Å². The summed E-state index contributed by atoms with van der Waals surface area (Å²) in [6.45, 7) is 0.554. The molecule has 120 valence electrons. The zero-order valence-electron chi connectivity index (χ0n) is 13.4. The Balaban J connectivity index is 1.50. The highest BCUT2D eigenvalue weighted by Gasteiger charge is 2.29. The number of ether oxygens (including phenoxy) is 1. The molecule has 0 saturated heterocycles. The Morgan fingerprint density at radius 3 is 2.25 bits per heavy atom. The maximum Gasteiger partial charge on any atom is 0.125 e. The molecule has 0 unspecified atom stereocenters. The van der Waals surface area contributed by atoms with E-state index in [2.05, 4.69) is 48.5 Å². The predicted octanol–water partition coefficient (Wildman–Crippen LogP) is 4.64. The number of aliphatic hydroxyl groups excluding tert-OH is 1. The molecule has 2 nitrogen and oxygen atoms in total. The van der Waals surface area contributed by atoms with Gasteiger partial charge >= 0.3 is 0 Å². The first-order valence-electron chi connectivity index (χ1n) is 8.35. The van der Waals surface area contributed by atoms with Crippen molar-refractivity contribution >= 4 is 0 Å². The predicted molar refractivity (Wildman–Crippen MR) is 96.0 cm³/mol. The fraction of sp³-hybridized carbons (Fsp3) is 0.182. The minimum atomic E-state index is -0.469. The van der Waals surface area contributed by atoms with Gasteiger partial charge < -0.3 is 9.84 Å². The van der Waals surface area contributed by atoms with E-state index in [0.29, 0.717) is 6.61 Å². The third kappa shape index (κ3) is 2.93. The summed E-state index contributed by atoms with van der Waals surface area (Å²) in [6, 6.07) is 26.7. The number of rotatable bonds is 3. The van der Waals surface area contributed by atoms with Crippen LogP contribution in [0, 0.1) is 5.92 Å². The fourth-order valence-electron chi connectivity index (χ4n) is 3.34. The molecule has 1 aliphatic heterocycles. The molecule has 4 rings (SSSR count). The van der Waals surface area contributed by atoms with Gasteiger partial charge in [-0.2, -0.15) is 0 Å². The second-order valence-corrected chi connectivity index (χ2v) is 6.32. The van der Waals surface area contributed by atoms with E-state index in [9.17, 15) is 5.11 Å². The van der Waals surface area contributed by atoms with E-state index in [1.54, 1.807) is 0 Å². The van der Waals surface area contributed by atoms with Crippen LogP contribution in [0.1, 0.15) is 17.2 Å². The van der Waals surface area contributed by atoms with Gasteiger partial charge in [-0.3, -0.25) is 0 Å². The molecule has 1 aliphatic rings. The molecule has 0 amide bonds. The quantitative estimate of drug-likeness (QED) is 0.763. The van der Waals surface area contributed by atoms with Crippen LogP contribution < -0.4 is 4.74 Å². The Labute approximate surface area is 142 Å². The third-order valence-electron chi connectivity index (χ3n) is 4.70. The zero-order valence-corrected chi connectivity index (χ0v) is 13.4. The molecule has 3 aromatic rings. The lowest BCUT2D eigenvalue weighted by molar-refractivity contribution is 0.0508. The van der Waals surface area contributed by atoms with Crippen molar-refractivity contribution in [3.8, 4) is 16.9 Å². The largest absolute Gasteiger partial charge is 0.493 e. The summed E-state index contributed by atoms with van der Waals surface area (Å²) < 4.78 is 5.81. The van der Waals surface area contributed by atoms with Crippen LogP contribution in [0.4, 0.5) is 0 Å². The molecule has 2 heteroatoms. The Kier molecular flexibility index (Phi) is 4.06. The molecular weight excluding hydrogens is 296 g/mol. The minimum Gasteiger partial charge on any atom is -0.493 e. The number of hydrogen-bond acceptors (Lipinski definition) is 2. The van der Waals surface area contributed by atoms with E-state index in [4.69, 9.17) is 4.74 Å². The number of fused-ring (bicyclic) bond motifs is 1. The van der Waals surface area contributed by atoms with Crippen molar-refractivity contribution in [2.24, 2.45) is 5.92 Å². The summed E-state index contributed by atoms with van der Waals surface area (Å²) >= 11 is 0. The van der Waals surface area contributed by atoms with E-state index in [-0.39, 0.29) is 5.92 Å². The maximum atomic E-state index is 10.6. The topological polar surface area (TPSA) is 29.5 Å². The second-order valence-electron chi connectivity index (χ2n) is 6.32. The van der Waals surface area contributed by atoms with Crippen molar-refractivity contribution in [1.82, 2.24) is 0 Å². The van der Waals surface area contributed by atoms with E-state index >= 15 is 0 Å². The molecule has 0 fully saturated rings. The molecule has 0 aromatic heterocycles. The first kappa shape index (κ1) is 15.0. The summed E-state index contributed by atoms with van der Waals surface area (Å²) in [5.74, 6) is 0.892. The molecule has 1 heterocycles. The fourth-order valence-corrected chi connectivity index (χ4v) is 3.34. The Morgan fingerprint density at radius 1 is 0.792 bits per heavy atom. The van der Waals surface area contributed by atoms with Gasteiger partial charge in [0.15, 0.2) is 0 Å². The first-order valence-corrected chi connectivity index (χ1v) is 8.35. The molecule has 1 N–H and O–H groups in total. The highest BCUT2D eigenvalue weighted by molar-refractivity contribution is 5.63. The lowest BCUT2D eigenvalue weighted by Gasteiger charge is -2.30. The standard InChI is InChI=1S/C22H20O2/c23-22-19(15-24-21-9-5-4-8-20(21)22)14-16-10-12-18(13-11-16)17-6-2-1-3-7-17/h1-13,19,22-23H,14-15H2/t19-,22+/m1/s1. The number of hydrogen-bond donors (Lipinski definition) is 1. The average molecular weight is 316 g/mol. The second kappa shape index (κ2) is 6.50. The van der Waals surface area contributed by atoms with Crippen LogP contribution in [-0.4, -0.2) is 11.7 Å². The van der Waals surface area contributed by atoms with Gasteiger partial charge in [0.1, 0.15) is 5.75 Å². The van der Waals surface area contributed by atoms with Gasteiger partial charge in [0.25, 0.3) is 0 Å². The molecule has 0 saturated carbocycles. The van der Waals surface area contributed by atoms with Crippen LogP contribution >= 0.6 is 0 Å². The van der Waals surface area contributed by atoms with E-state index in [0.717, 1.165) is 17.7 Å². The third-order valence-corrected chi connectivity index (χ3v) is 4.70. The molecule has 0 aliphatic carbocycles. The van der Waals surface area contributed by atoms with Crippen molar-refractivity contribution in [3.63, 3.8) is 0 Å². The van der Waals surface area contributed by atoms with Gasteiger partial charge in [-0.15, -0.1) is 0 Å². The van der Waals surface area contributed by atoms with Crippen molar-refractivity contribution in [2.75, 3.05) is 6.61 Å². The first-order chi connectivity index (χ1) is 11.8. The minimum absolute atomic E-state index is 0.0856. The van der Waals surface area contributed by atoms with Crippen LogP contribution in [0.15, 0.2) is 78.9 Å². The number of benzene rings is 3. The van der Waals surface area contributed by atoms with Gasteiger partial charge in [0, 0.05) is 11.5 Å². The molecule has 2 atom stereocenters. The Hall–Kier alpha value is -2.58. The van der Waals surface area contributed by atoms with Crippen molar-refractivity contribution < 1.29 is 9.84 Å². The molecule has 0 radical (unpaired) electrons. The van der Waals surface area contributed by atoms with Gasteiger partial charge in [-0.05, 0) is 29.2 Å². The summed E-state index contributed by atoms with van der Waals surface area (Å²) in [5, 5.41) is 10.6. The summed E-state index contributed by atoms with van der Waals surface area (Å²) in [5.41, 5.74) is 4.56. The normalized spacial score (nSPS) is 19.4. The van der Waals surface area contributed by atoms with E-state index in [1.165, 1.54) is 16.7 Å². The summed E-state index contributed by atoms with van der Waals surface area (Å²) in [6.07, 6.45) is 0.341. The zero-order chi connectivity index (χ0) is 16.4. The molecular formula is C22H20O2. The van der Waals surface area contributed by atoms with Gasteiger partial charge in [-0.25, -0.2) is 0 Å². The molecule has 24 heavy (non-hydrogen) atoms. The lowest BCUT2D eigenvalue weighted by atomic mass is 9.88. The highest BCUT2D eigenvalue weighted by Crippen LogP contribution is 2.36. The van der Waals surface area contributed by atoms with E-state index in [1.807, 2.05) is 30.3 Å². The van der Waals surface area contributed by atoms with Crippen LogP contribution in [0.2, 0.25) is 0 Å². The van der Waals surface area contributed by atoms with E-state index < -0.39 is 6.10 Å². The smallest absolute Gasteiger partial charge is 0.125 e. The van der Waals surface area contributed by atoms with Crippen LogP contribution in [-0.2, 0) is 6.42 Å². The summed E-state index contributed by atoms with van der Waals surface area (Å²) in [4.78, 5) is 0. The Morgan fingerprint density at radius 2 is 1.46 bits per heavy atom. The van der Waals surface area contributed by atoms with Crippen molar-refractivity contribution in [3.05, 3.63) is 90.0 Å². The summed E-state index contributed by atoms with van der Waals surface area (Å²) in [7, 11) is 0. The highest BCUT2D eigenvalue weighted by atomic mass is 16.5. The van der Waals surface area contributed by atoms with Gasteiger partial charge in [0.05, 0.1) is 12.7 Å². The van der Waals surface area contributed by atoms with Crippen LogP contribution in [0.25, 0.3) is 11.1 Å². The van der Waals surface area contributed by atoms with Crippen LogP contribution in [0.3, 0.4) is 0 Å². The van der Waals surface area contributed by atoms with Crippen molar-refractivity contribution in [2.45, 2.75) is 12.5 Å². The average Bonchev–Trinajstić information content (AvgIpc) is 2.66. The maximum absolute atomic E-state index is 10.6. The molecule has 0 bridgehead atoms. The SMILES string of the molecule is O[C@@H]1c2ccccc2OC[C@H]1Cc1ccc(-c2ccccc2)cc1. The van der Waals surface area contributed by atoms with Gasteiger partial charge in [0.2, 0.25) is 0 Å². The van der Waals surface area contributed by atoms with Gasteiger partial charge in [-0.1, -0.05) is 72.8 Å². The molecule has 3 aromatic carbocycles. The number of para-hydroxylation sites is 1. The lowest BCUT2D eigenvalue weighted by Crippen LogP contribution is -2.27. The monoisotopic (exact) mass is 316 g/mol. The Bertz CT molecular complexity index is 809. The van der Waals surface area contributed by atoms with Crippen LogP contribution in [0.5, 0.6) is 5.75 Å². The molecule has 0 spiro atoms.